The molecule has 0 bridgehead atoms. The Morgan fingerprint density at radius 3 is 1.79 bits per heavy atom. The van der Waals surface area contributed by atoms with Gasteiger partial charge in [-0.2, -0.15) is 0 Å². The Balaban J connectivity index is 0. The molecule has 17 heteroatoms. The van der Waals surface area contributed by atoms with Gasteiger partial charge in [0.15, 0.2) is 5.78 Å². The second-order valence-electron chi connectivity index (χ2n) is 15.3. The zero-order chi connectivity index (χ0) is 45.0. The Labute approximate surface area is 366 Å². The highest BCUT2D eigenvalue weighted by Gasteiger charge is 2.24. The molecule has 0 saturated heterocycles. The van der Waals surface area contributed by atoms with E-state index in [1.807, 2.05) is 0 Å². The first-order valence-corrected chi connectivity index (χ1v) is 22.8. The van der Waals surface area contributed by atoms with Gasteiger partial charge in [0.05, 0.1) is 57.9 Å². The van der Waals surface area contributed by atoms with Gasteiger partial charge < -0.3 is 55.8 Å². The number of aliphatic hydroxyl groups is 1. The van der Waals surface area contributed by atoms with E-state index in [1.165, 1.54) is 89.8 Å². The van der Waals surface area contributed by atoms with E-state index < -0.39 is 17.9 Å². The third kappa shape index (κ3) is 39.1. The van der Waals surface area contributed by atoms with Gasteiger partial charge in [-0.25, -0.2) is 4.98 Å². The third-order valence-corrected chi connectivity index (χ3v) is 9.79. The van der Waals surface area contributed by atoms with Crippen LogP contribution in [0.3, 0.4) is 0 Å². The Kier molecular flexibility index (Phi) is 40.7. The molecule has 0 spiro atoms. The van der Waals surface area contributed by atoms with Crippen LogP contribution in [-0.4, -0.2) is 135 Å². The van der Waals surface area contributed by atoms with Gasteiger partial charge in [-0.3, -0.25) is 24.0 Å². The number of hydrogen-bond donors (Lipinski definition) is 7. The summed E-state index contributed by atoms with van der Waals surface area (Å²) in [5.41, 5.74) is 6.60. The van der Waals surface area contributed by atoms with E-state index in [2.05, 4.69) is 32.8 Å². The number of ketones is 1. The van der Waals surface area contributed by atoms with Crippen LogP contribution in [0.5, 0.6) is 0 Å². The molecule has 0 aliphatic rings. The summed E-state index contributed by atoms with van der Waals surface area (Å²) in [6.45, 7) is 5.16. The van der Waals surface area contributed by atoms with Crippen LogP contribution in [-0.2, 0) is 49.3 Å². The van der Waals surface area contributed by atoms with Crippen LogP contribution >= 0.6 is 0 Å². The van der Waals surface area contributed by atoms with Crippen molar-refractivity contribution < 1.29 is 54.6 Å². The minimum absolute atomic E-state index is 0. The molecule has 3 amide bonds. The highest BCUT2D eigenvalue weighted by atomic mass is 16.5. The molecule has 0 fully saturated rings. The average Bonchev–Trinajstić information content (AvgIpc) is 3.76. The van der Waals surface area contributed by atoms with Gasteiger partial charge in [0.1, 0.15) is 13.2 Å². The number of carbonyl (C=O) groups is 5. The van der Waals surface area contributed by atoms with Crippen molar-refractivity contribution in [3.63, 3.8) is 0 Å². The summed E-state index contributed by atoms with van der Waals surface area (Å²) >= 11 is 0. The number of unbranched alkanes of at least 4 members (excludes halogenated alkanes) is 15. The number of nitrogens with two attached hydrogens (primary N) is 1. The van der Waals surface area contributed by atoms with Crippen LogP contribution in [0.25, 0.3) is 0 Å². The molecule has 1 aromatic heterocycles. The fourth-order valence-electron chi connectivity index (χ4n) is 6.19. The fourth-order valence-corrected chi connectivity index (χ4v) is 6.19. The van der Waals surface area contributed by atoms with E-state index in [9.17, 15) is 29.1 Å². The number of ether oxygens (including phenoxy) is 4. The number of imidazole rings is 1. The molecule has 17 nitrogen and oxygen atoms in total. The number of aliphatic hydroxyl groups excluding tert-OH is 1. The van der Waals surface area contributed by atoms with Gasteiger partial charge in [0, 0.05) is 59.3 Å². The number of methoxy groups -OCH3 is 1. The minimum atomic E-state index is -1.02. The summed E-state index contributed by atoms with van der Waals surface area (Å²) in [6.07, 6.45) is 25.3. The number of aromatic amines is 1. The van der Waals surface area contributed by atoms with Gasteiger partial charge in [0.2, 0.25) is 17.7 Å². The summed E-state index contributed by atoms with van der Waals surface area (Å²) in [5.74, 6) is -2.49. The van der Waals surface area contributed by atoms with E-state index in [0.29, 0.717) is 78.2 Å². The van der Waals surface area contributed by atoms with E-state index in [-0.39, 0.29) is 57.7 Å². The largest absolute Gasteiger partial charge is 0.481 e. The number of carboxylic acid groups (broad SMARTS) is 1. The van der Waals surface area contributed by atoms with Crippen molar-refractivity contribution in [3.05, 3.63) is 18.2 Å². The smallest absolute Gasteiger partial charge is 0.306 e. The molecule has 0 saturated carbocycles. The van der Waals surface area contributed by atoms with Crippen LogP contribution in [0.1, 0.15) is 142 Å². The first-order chi connectivity index (χ1) is 29.6. The van der Waals surface area contributed by atoms with Crippen molar-refractivity contribution in [2.24, 2.45) is 11.7 Å². The highest BCUT2D eigenvalue weighted by molar-refractivity contribution is 5.87. The number of aliphatic carboxylic acids is 1. The summed E-state index contributed by atoms with van der Waals surface area (Å²) in [4.78, 5) is 64.9. The Hall–Kier alpha value is -3.48. The molecule has 2 atom stereocenters. The van der Waals surface area contributed by atoms with Crippen LogP contribution < -0.4 is 21.7 Å². The number of rotatable bonds is 42. The number of nitrogens with zero attached hydrogens (tertiary/aromatic N) is 1. The molecule has 61 heavy (non-hydrogen) atoms. The molecule has 1 aromatic rings. The molecule has 0 unspecified atom stereocenters. The van der Waals surface area contributed by atoms with E-state index >= 15 is 0 Å². The zero-order valence-electron chi connectivity index (χ0n) is 37.5. The molecule has 0 aliphatic carbocycles. The van der Waals surface area contributed by atoms with Crippen molar-refractivity contribution in [1.29, 1.82) is 0 Å². The number of amides is 3. The Morgan fingerprint density at radius 2 is 1.25 bits per heavy atom. The number of H-pyrrole nitrogens is 1. The lowest BCUT2D eigenvalue weighted by Crippen LogP contribution is -2.35. The van der Waals surface area contributed by atoms with E-state index in [4.69, 9.17) is 29.8 Å². The minimum Gasteiger partial charge on any atom is -0.481 e. The molecular formula is C44H84N6O11. The average molecular weight is 873 g/mol. The van der Waals surface area contributed by atoms with Crippen molar-refractivity contribution in [2.75, 3.05) is 79.6 Å². The molecule has 1 rings (SSSR count). The van der Waals surface area contributed by atoms with Gasteiger partial charge in [-0.1, -0.05) is 103 Å². The molecule has 1 heterocycles. The van der Waals surface area contributed by atoms with E-state index in [0.717, 1.165) is 18.5 Å². The lowest BCUT2D eigenvalue weighted by atomic mass is 9.92. The molecule has 356 valence electrons. The number of Topliss-reactive ketones (excluding diaryl/α,β-unsaturated/α-hetero) is 1. The monoisotopic (exact) mass is 873 g/mol. The topological polar surface area (TPSA) is 254 Å². The van der Waals surface area contributed by atoms with Crippen LogP contribution in [0.4, 0.5) is 0 Å². The maximum absolute atomic E-state index is 12.2. The van der Waals surface area contributed by atoms with Crippen LogP contribution in [0, 0.1) is 5.92 Å². The summed E-state index contributed by atoms with van der Waals surface area (Å²) in [5, 5.41) is 26.0. The lowest BCUT2D eigenvalue weighted by molar-refractivity contribution is -0.144. The molecule has 0 aromatic carbocycles. The predicted molar refractivity (Wildman–Crippen MR) is 237 cm³/mol. The Morgan fingerprint density at radius 1 is 0.705 bits per heavy atom. The van der Waals surface area contributed by atoms with Crippen molar-refractivity contribution >= 4 is 29.5 Å². The van der Waals surface area contributed by atoms with Gasteiger partial charge in [-0.05, 0) is 19.3 Å². The standard InChI is InChI=1S/C26H52N2O5.C18H30N4O6.H2/c1-2-3-4-5-6-7-8-9-10-11-12-13-14-15-16-17-25(30)28-19-21-32-22-23-33-24-26(31)27-18-20-29;1-27-6-7-28-11-17(24)21-5-3-2-4-13(18(25)26)8-16(23)15(19)9-14-10-20-12-22-14;/h29H,2-24H2,1H3,(H,27,31)(H,28,30);10,12-13,15H,2-9,11,19H2,1H3,(H,20,22)(H,21,24)(H,25,26);1H/t;13-,15+;/m.1./s1. The number of nitrogens with one attached hydrogen (secondary N) is 4. The zero-order valence-corrected chi connectivity index (χ0v) is 37.5. The quantitative estimate of drug-likeness (QED) is 0.0443. The highest BCUT2D eigenvalue weighted by Crippen LogP contribution is 2.16. The van der Waals surface area contributed by atoms with Crippen molar-refractivity contribution in [3.8, 4) is 0 Å². The molecule has 0 radical (unpaired) electrons. The van der Waals surface area contributed by atoms with E-state index in [1.54, 1.807) is 13.3 Å². The van der Waals surface area contributed by atoms with Crippen molar-refractivity contribution in [1.82, 2.24) is 25.9 Å². The number of carbonyl (C=O) groups excluding carboxylic acids is 4. The SMILES string of the molecule is CCCCCCCCCCCCCCCCCC(=O)NCCOCCOCC(=O)NCCO.COCCOCC(=O)NCCCC[C@H](CC(=O)[C@@H](N)Cc1cnc[nH]1)C(=O)O.[HH]. The van der Waals surface area contributed by atoms with Gasteiger partial charge in [-0.15, -0.1) is 0 Å². The maximum atomic E-state index is 12.2. The maximum Gasteiger partial charge on any atom is 0.306 e. The second-order valence-corrected chi connectivity index (χ2v) is 15.3. The fraction of sp³-hybridized carbons (Fsp3) is 0.818. The van der Waals surface area contributed by atoms with Crippen molar-refractivity contribution in [2.45, 2.75) is 148 Å². The summed E-state index contributed by atoms with van der Waals surface area (Å²) < 4.78 is 20.4. The molecular weight excluding hydrogens is 789 g/mol. The summed E-state index contributed by atoms with van der Waals surface area (Å²) in [7, 11) is 1.55. The van der Waals surface area contributed by atoms with Crippen LogP contribution in [0.2, 0.25) is 0 Å². The number of carboxylic acids is 1. The first-order valence-electron chi connectivity index (χ1n) is 22.8. The number of aromatic nitrogens is 2. The third-order valence-electron chi connectivity index (χ3n) is 9.79. The lowest BCUT2D eigenvalue weighted by Gasteiger charge is -2.15. The second kappa shape index (κ2) is 43.2. The number of hydrogen-bond acceptors (Lipinski definition) is 12. The Bertz CT molecular complexity index is 1220. The molecule has 0 aliphatic heterocycles. The van der Waals surface area contributed by atoms with Gasteiger partial charge >= 0.3 is 5.97 Å². The van der Waals surface area contributed by atoms with Gasteiger partial charge in [0.25, 0.3) is 0 Å². The van der Waals surface area contributed by atoms with Crippen LogP contribution in [0.15, 0.2) is 12.5 Å². The molecule has 8 N–H and O–H groups in total. The summed E-state index contributed by atoms with van der Waals surface area (Å²) in [6, 6.07) is -0.764. The predicted octanol–water partition coefficient (Wildman–Crippen LogP) is 4.64. The normalized spacial score (nSPS) is 11.9. The first kappa shape index (κ1) is 57.5.